The van der Waals surface area contributed by atoms with Crippen molar-refractivity contribution in [3.63, 3.8) is 0 Å². The zero-order valence-electron chi connectivity index (χ0n) is 17.7. The molecule has 2 unspecified atom stereocenters. The molecule has 1 aliphatic carbocycles. The molecule has 5 nitrogen and oxygen atoms in total. The summed E-state index contributed by atoms with van der Waals surface area (Å²) in [5, 5.41) is 23.8. The van der Waals surface area contributed by atoms with Crippen LogP contribution in [0.2, 0.25) is 0 Å². The summed E-state index contributed by atoms with van der Waals surface area (Å²) >= 11 is 0. The fourth-order valence-electron chi connectivity index (χ4n) is 4.72. The summed E-state index contributed by atoms with van der Waals surface area (Å²) in [6.07, 6.45) is 8.30. The van der Waals surface area contributed by atoms with Gasteiger partial charge in [0.2, 0.25) is 0 Å². The first-order valence-electron chi connectivity index (χ1n) is 11.0. The Hall–Kier alpha value is -1.58. The quantitative estimate of drug-likeness (QED) is 0.602. The molecule has 3 rings (SSSR count). The highest BCUT2D eigenvalue weighted by molar-refractivity contribution is 5.87. The van der Waals surface area contributed by atoms with E-state index >= 15 is 0 Å². The average molecular weight is 435 g/mol. The molecule has 0 spiro atoms. The minimum Gasteiger partial charge on any atom is -0.395 e. The van der Waals surface area contributed by atoms with Crippen LogP contribution in [0.5, 0.6) is 0 Å². The van der Waals surface area contributed by atoms with Crippen LogP contribution in [-0.4, -0.2) is 53.3 Å². The largest absolute Gasteiger partial charge is 0.395 e. The van der Waals surface area contributed by atoms with Gasteiger partial charge in [-0.05, 0) is 37.8 Å². The molecule has 1 aliphatic heterocycles. The third-order valence-electron chi connectivity index (χ3n) is 6.46. The maximum atomic E-state index is 13.1. The van der Waals surface area contributed by atoms with E-state index in [1.54, 1.807) is 0 Å². The summed E-state index contributed by atoms with van der Waals surface area (Å²) in [6, 6.07) is 9.51. The van der Waals surface area contributed by atoms with E-state index in [0.717, 1.165) is 51.5 Å². The van der Waals surface area contributed by atoms with Gasteiger partial charge < -0.3 is 15.5 Å². The number of amides is 1. The van der Waals surface area contributed by atoms with Crippen LogP contribution in [0.1, 0.15) is 56.9 Å². The zero-order chi connectivity index (χ0) is 20.5. The number of rotatable bonds is 6. The lowest BCUT2D eigenvalue weighted by Crippen LogP contribution is -2.50. The molecule has 1 saturated carbocycles. The summed E-state index contributed by atoms with van der Waals surface area (Å²) < 4.78 is 0. The molecule has 0 radical (unpaired) electrons. The maximum Gasteiger partial charge on any atom is 0.257 e. The van der Waals surface area contributed by atoms with Gasteiger partial charge >= 0.3 is 0 Å². The lowest BCUT2D eigenvalue weighted by Gasteiger charge is -2.37. The van der Waals surface area contributed by atoms with Crippen molar-refractivity contribution in [2.24, 2.45) is 5.92 Å². The van der Waals surface area contributed by atoms with Gasteiger partial charge in [-0.15, -0.1) is 12.4 Å². The predicted molar refractivity (Wildman–Crippen MR) is 121 cm³/mol. The van der Waals surface area contributed by atoms with E-state index < -0.39 is 5.60 Å². The van der Waals surface area contributed by atoms with E-state index in [1.165, 1.54) is 6.42 Å². The molecule has 1 heterocycles. The highest BCUT2D eigenvalue weighted by atomic mass is 35.5. The van der Waals surface area contributed by atoms with Gasteiger partial charge in [0, 0.05) is 12.0 Å². The number of aliphatic hydroxyl groups excluding tert-OH is 1. The first kappa shape index (κ1) is 24.7. The standard InChI is InChI=1S/C24H34N2O3.ClH/c27-19-22-15-7-9-17-26(22)18-10-8-16-25-23(28)24(29,20-11-3-1-4-12-20)21-13-5-2-6-14-21;/h1,3-4,11-12,21-22,27,29H,2,5-7,9,13-19H2,(H,25,28);1H. The van der Waals surface area contributed by atoms with Crippen molar-refractivity contribution in [2.45, 2.75) is 63.0 Å². The third-order valence-corrected chi connectivity index (χ3v) is 6.46. The number of carbonyl (C=O) groups is 1. The van der Waals surface area contributed by atoms with E-state index in [-0.39, 0.29) is 43.4 Å². The van der Waals surface area contributed by atoms with Crippen molar-refractivity contribution in [2.75, 3.05) is 26.2 Å². The topological polar surface area (TPSA) is 72.8 Å². The van der Waals surface area contributed by atoms with Gasteiger partial charge in [0.25, 0.3) is 5.91 Å². The number of likely N-dealkylation sites (tertiary alicyclic amines) is 1. The van der Waals surface area contributed by atoms with E-state index in [1.807, 2.05) is 30.3 Å². The Bertz CT molecular complexity index is 712. The Morgan fingerprint density at radius 2 is 1.77 bits per heavy atom. The highest BCUT2D eigenvalue weighted by Crippen LogP contribution is 2.39. The van der Waals surface area contributed by atoms with Crippen LogP contribution in [0.15, 0.2) is 30.3 Å². The van der Waals surface area contributed by atoms with Gasteiger partial charge in [0.1, 0.15) is 0 Å². The third kappa shape index (κ3) is 5.98. The number of hydrogen-bond acceptors (Lipinski definition) is 4. The molecule has 6 heteroatoms. The van der Waals surface area contributed by atoms with Crippen molar-refractivity contribution < 1.29 is 15.0 Å². The highest BCUT2D eigenvalue weighted by Gasteiger charge is 2.45. The average Bonchev–Trinajstić information content (AvgIpc) is 2.79. The summed E-state index contributed by atoms with van der Waals surface area (Å²) in [5.74, 6) is 5.72. The Labute approximate surface area is 186 Å². The van der Waals surface area contributed by atoms with E-state index in [9.17, 15) is 15.0 Å². The minimum atomic E-state index is -1.50. The van der Waals surface area contributed by atoms with Gasteiger partial charge in [-0.2, -0.15) is 0 Å². The molecule has 0 aromatic heterocycles. The molecule has 1 saturated heterocycles. The molecule has 30 heavy (non-hydrogen) atoms. The molecule has 1 amide bonds. The van der Waals surface area contributed by atoms with Crippen LogP contribution in [-0.2, 0) is 10.4 Å². The molecule has 1 aromatic carbocycles. The molecular weight excluding hydrogens is 400 g/mol. The molecule has 1 aromatic rings. The Morgan fingerprint density at radius 1 is 1.07 bits per heavy atom. The molecule has 166 valence electrons. The minimum absolute atomic E-state index is 0. The molecule has 2 aliphatic rings. The van der Waals surface area contributed by atoms with Crippen LogP contribution < -0.4 is 5.32 Å². The number of hydrogen-bond donors (Lipinski definition) is 3. The van der Waals surface area contributed by atoms with Gasteiger partial charge in [0.05, 0.1) is 19.7 Å². The first-order valence-corrected chi connectivity index (χ1v) is 11.0. The normalized spacial score (nSPS) is 22.1. The van der Waals surface area contributed by atoms with E-state index in [4.69, 9.17) is 0 Å². The lowest BCUT2D eigenvalue weighted by molar-refractivity contribution is -0.149. The van der Waals surface area contributed by atoms with Gasteiger partial charge in [-0.1, -0.05) is 67.9 Å². The van der Waals surface area contributed by atoms with Crippen LogP contribution in [0.3, 0.4) is 0 Å². The number of piperidine rings is 1. The van der Waals surface area contributed by atoms with Gasteiger partial charge in [-0.3, -0.25) is 9.69 Å². The van der Waals surface area contributed by atoms with Crippen LogP contribution >= 0.6 is 12.4 Å². The molecule has 2 fully saturated rings. The van der Waals surface area contributed by atoms with Crippen molar-refractivity contribution >= 4 is 18.3 Å². The number of nitrogens with one attached hydrogen (secondary N) is 1. The fraction of sp³-hybridized carbons (Fsp3) is 0.625. The molecule has 2 atom stereocenters. The molecule has 3 N–H and O–H groups in total. The Morgan fingerprint density at radius 3 is 2.47 bits per heavy atom. The second-order valence-corrected chi connectivity index (χ2v) is 8.31. The maximum absolute atomic E-state index is 13.1. The van der Waals surface area contributed by atoms with Gasteiger partial charge in [-0.25, -0.2) is 0 Å². The second-order valence-electron chi connectivity index (χ2n) is 8.31. The molecular formula is C24H35ClN2O3. The zero-order valence-corrected chi connectivity index (χ0v) is 18.5. The van der Waals surface area contributed by atoms with Crippen molar-refractivity contribution in [1.29, 1.82) is 0 Å². The lowest BCUT2D eigenvalue weighted by atomic mass is 9.73. The number of aliphatic hydroxyl groups is 2. The van der Waals surface area contributed by atoms with E-state index in [2.05, 4.69) is 22.1 Å². The van der Waals surface area contributed by atoms with Crippen molar-refractivity contribution in [1.82, 2.24) is 10.2 Å². The predicted octanol–water partition coefficient (Wildman–Crippen LogP) is 2.84. The second kappa shape index (κ2) is 12.3. The summed E-state index contributed by atoms with van der Waals surface area (Å²) in [4.78, 5) is 15.3. The Balaban J connectivity index is 0.00000320. The van der Waals surface area contributed by atoms with Crippen LogP contribution in [0, 0.1) is 17.8 Å². The SMILES string of the molecule is Cl.O=C(NCC#CCN1CCCCC1CO)C(O)(c1ccccc1)C1CCCCC1. The summed E-state index contributed by atoms with van der Waals surface area (Å²) in [6.45, 7) is 1.95. The summed E-state index contributed by atoms with van der Waals surface area (Å²) in [5.41, 5.74) is -0.838. The van der Waals surface area contributed by atoms with Crippen LogP contribution in [0.25, 0.3) is 0 Å². The van der Waals surface area contributed by atoms with Crippen LogP contribution in [0.4, 0.5) is 0 Å². The first-order chi connectivity index (χ1) is 14.2. The number of nitrogens with zero attached hydrogens (tertiary/aromatic N) is 1. The summed E-state index contributed by atoms with van der Waals surface area (Å²) in [7, 11) is 0. The fourth-order valence-corrected chi connectivity index (χ4v) is 4.72. The monoisotopic (exact) mass is 434 g/mol. The van der Waals surface area contributed by atoms with Crippen molar-refractivity contribution in [3.05, 3.63) is 35.9 Å². The molecule has 0 bridgehead atoms. The van der Waals surface area contributed by atoms with Gasteiger partial charge in [0.15, 0.2) is 5.60 Å². The number of halogens is 1. The smallest absolute Gasteiger partial charge is 0.257 e. The number of benzene rings is 1. The number of carbonyl (C=O) groups excluding carboxylic acids is 1. The van der Waals surface area contributed by atoms with Crippen molar-refractivity contribution in [3.8, 4) is 11.8 Å². The van der Waals surface area contributed by atoms with E-state index in [0.29, 0.717) is 12.1 Å². The Kier molecular flexibility index (Phi) is 10.1.